The van der Waals surface area contributed by atoms with E-state index < -0.39 is 0 Å². The van der Waals surface area contributed by atoms with Crippen LogP contribution in [0.25, 0.3) is 93.0 Å². The van der Waals surface area contributed by atoms with Crippen LogP contribution in [0, 0.1) is 0 Å². The van der Waals surface area contributed by atoms with Gasteiger partial charge in [0.2, 0.25) is 0 Å². The van der Waals surface area contributed by atoms with E-state index in [9.17, 15) is 0 Å². The molecular weight excluding hydrogens is 679 g/mol. The van der Waals surface area contributed by atoms with Gasteiger partial charge in [-0.3, -0.25) is 4.98 Å². The number of rotatable bonds is 5. The average Bonchev–Trinajstić information content (AvgIpc) is 3.76. The van der Waals surface area contributed by atoms with E-state index in [0.29, 0.717) is 17.5 Å². The number of hydrogen-bond donors (Lipinski definition) is 0. The Morgan fingerprint density at radius 1 is 0.481 bits per heavy atom. The fourth-order valence-electron chi connectivity index (χ4n) is 7.53. The third kappa shape index (κ3) is 5.46. The van der Waals surface area contributed by atoms with Crippen LogP contribution in [0.2, 0.25) is 0 Å². The summed E-state index contributed by atoms with van der Waals surface area (Å²) in [6.45, 7) is 6.67. The lowest BCUT2D eigenvalue weighted by atomic mass is 9.87. The molecule has 0 aliphatic heterocycles. The number of para-hydroxylation sites is 1. The van der Waals surface area contributed by atoms with Crippen molar-refractivity contribution < 1.29 is 0 Å². The summed E-state index contributed by atoms with van der Waals surface area (Å²) in [6, 6.07) is 51.7. The Hall–Kier alpha value is -6.50. The van der Waals surface area contributed by atoms with Crippen LogP contribution in [-0.2, 0) is 5.41 Å². The average molecular weight is 714 g/mol. The lowest BCUT2D eigenvalue weighted by Gasteiger charge is -2.19. The maximum atomic E-state index is 5.16. The molecule has 258 valence electrons. The van der Waals surface area contributed by atoms with Gasteiger partial charge in [0.1, 0.15) is 0 Å². The van der Waals surface area contributed by atoms with Crippen LogP contribution in [0.3, 0.4) is 0 Å². The first-order chi connectivity index (χ1) is 26.4. The van der Waals surface area contributed by atoms with Crippen LogP contribution in [-0.4, -0.2) is 24.5 Å². The van der Waals surface area contributed by atoms with Gasteiger partial charge in [0.15, 0.2) is 17.5 Å². The van der Waals surface area contributed by atoms with Crippen LogP contribution in [0.1, 0.15) is 26.3 Å². The smallest absolute Gasteiger partial charge is 0.167 e. The first kappa shape index (κ1) is 32.2. The second kappa shape index (κ2) is 12.6. The molecule has 6 heteroatoms. The molecule has 0 spiro atoms. The predicted molar refractivity (Wildman–Crippen MR) is 225 cm³/mol. The molecule has 0 amide bonds. The lowest BCUT2D eigenvalue weighted by Crippen LogP contribution is -2.10. The van der Waals surface area contributed by atoms with Crippen LogP contribution in [0.5, 0.6) is 0 Å². The topological polar surface area (TPSA) is 56.5 Å². The molecule has 0 radical (unpaired) electrons. The molecule has 0 aliphatic rings. The number of hydrogen-bond acceptors (Lipinski definition) is 5. The Balaban J connectivity index is 1.18. The molecule has 0 unspecified atom stereocenters. The van der Waals surface area contributed by atoms with Crippen molar-refractivity contribution in [3.8, 4) is 51.0 Å². The van der Waals surface area contributed by atoms with E-state index in [0.717, 1.165) is 39.0 Å². The molecule has 6 aromatic carbocycles. The Kier molecular flexibility index (Phi) is 7.49. The second-order valence-electron chi connectivity index (χ2n) is 14.8. The SMILES string of the molecule is CC(C)(C)c1ccc(-c2nc(-c3ccccc3)nc(-c3cnccc3-n3c4ccccc4c4ccc(-c5ccc6sc7ccccc7c6c5)cc43)n2)cc1. The predicted octanol–water partition coefficient (Wildman–Crippen LogP) is 12.7. The van der Waals surface area contributed by atoms with E-state index in [-0.39, 0.29) is 5.41 Å². The monoisotopic (exact) mass is 713 g/mol. The molecule has 0 bridgehead atoms. The number of thiophene rings is 1. The summed E-state index contributed by atoms with van der Waals surface area (Å²) in [5.74, 6) is 1.81. The zero-order valence-corrected chi connectivity index (χ0v) is 31.0. The fraction of sp³-hybridized carbons (Fsp3) is 0.0833. The van der Waals surface area contributed by atoms with Crippen molar-refractivity contribution in [2.45, 2.75) is 26.2 Å². The normalized spacial score (nSPS) is 12.0. The third-order valence-corrected chi connectivity index (χ3v) is 11.5. The molecule has 0 saturated heterocycles. The minimum absolute atomic E-state index is 0.0375. The van der Waals surface area contributed by atoms with Gasteiger partial charge < -0.3 is 4.57 Å². The summed E-state index contributed by atoms with van der Waals surface area (Å²) >= 11 is 1.84. The van der Waals surface area contributed by atoms with Gasteiger partial charge in [-0.1, -0.05) is 130 Å². The number of nitrogens with zero attached hydrogens (tertiary/aromatic N) is 5. The second-order valence-corrected chi connectivity index (χ2v) is 15.9. The summed E-state index contributed by atoms with van der Waals surface area (Å²) in [6.07, 6.45) is 3.73. The van der Waals surface area contributed by atoms with Crippen LogP contribution < -0.4 is 0 Å². The minimum atomic E-state index is 0.0375. The Bertz CT molecular complexity index is 3020. The molecule has 5 nitrogen and oxygen atoms in total. The minimum Gasteiger partial charge on any atom is -0.308 e. The highest BCUT2D eigenvalue weighted by Gasteiger charge is 2.21. The number of aromatic nitrogens is 5. The molecule has 0 fully saturated rings. The number of fused-ring (bicyclic) bond motifs is 6. The molecule has 54 heavy (non-hydrogen) atoms. The van der Waals surface area contributed by atoms with E-state index in [1.807, 2.05) is 54.1 Å². The molecule has 0 saturated carbocycles. The van der Waals surface area contributed by atoms with Crippen molar-refractivity contribution in [1.29, 1.82) is 0 Å². The summed E-state index contributed by atoms with van der Waals surface area (Å²) in [5.41, 5.74) is 9.48. The van der Waals surface area contributed by atoms with Crippen molar-refractivity contribution in [2.24, 2.45) is 0 Å². The molecule has 0 N–H and O–H groups in total. The molecule has 4 heterocycles. The van der Waals surface area contributed by atoms with Gasteiger partial charge in [-0.05, 0) is 58.5 Å². The summed E-state index contributed by atoms with van der Waals surface area (Å²) in [7, 11) is 0. The van der Waals surface area contributed by atoms with Crippen LogP contribution >= 0.6 is 11.3 Å². The summed E-state index contributed by atoms with van der Waals surface area (Å²) in [5, 5.41) is 4.95. The number of pyridine rings is 1. The van der Waals surface area contributed by atoms with E-state index in [1.165, 1.54) is 42.1 Å². The molecule has 10 aromatic rings. The Morgan fingerprint density at radius 2 is 1.09 bits per heavy atom. The first-order valence-corrected chi connectivity index (χ1v) is 19.0. The van der Waals surface area contributed by atoms with E-state index in [1.54, 1.807) is 0 Å². The highest BCUT2D eigenvalue weighted by atomic mass is 32.1. The van der Waals surface area contributed by atoms with E-state index in [2.05, 4.69) is 146 Å². The molecular formula is C48H35N5S. The summed E-state index contributed by atoms with van der Waals surface area (Å²) in [4.78, 5) is 19.9. The third-order valence-electron chi connectivity index (χ3n) is 10.3. The van der Waals surface area contributed by atoms with Crippen molar-refractivity contribution in [3.63, 3.8) is 0 Å². The Morgan fingerprint density at radius 3 is 1.89 bits per heavy atom. The molecule has 0 aliphatic carbocycles. The van der Waals surface area contributed by atoms with Crippen molar-refractivity contribution >= 4 is 53.3 Å². The molecule has 0 atom stereocenters. The molecule has 4 aromatic heterocycles. The fourth-order valence-corrected chi connectivity index (χ4v) is 8.62. The van der Waals surface area contributed by atoms with Crippen molar-refractivity contribution in [1.82, 2.24) is 24.5 Å². The first-order valence-electron chi connectivity index (χ1n) is 18.2. The van der Waals surface area contributed by atoms with Gasteiger partial charge in [0, 0.05) is 54.5 Å². The van der Waals surface area contributed by atoms with E-state index in [4.69, 9.17) is 15.0 Å². The Labute approximate surface area is 317 Å². The van der Waals surface area contributed by atoms with Gasteiger partial charge in [-0.2, -0.15) is 0 Å². The summed E-state index contributed by atoms with van der Waals surface area (Å²) < 4.78 is 4.95. The lowest BCUT2D eigenvalue weighted by molar-refractivity contribution is 0.590. The van der Waals surface area contributed by atoms with Gasteiger partial charge in [0.05, 0.1) is 22.3 Å². The molecule has 10 rings (SSSR count). The standard InChI is InChI=1S/C48H35N5S/c1-48(2,3)34-21-17-31(18-22-34)46-50-45(30-11-5-4-6-12-30)51-47(52-46)39-29-49-26-25-41(39)53-40-15-9-7-13-35(40)36-23-19-33(28-42(36)53)32-20-24-44-38(27-32)37-14-8-10-16-43(37)54-44/h4-29H,1-3H3. The highest BCUT2D eigenvalue weighted by molar-refractivity contribution is 7.25. The maximum Gasteiger partial charge on any atom is 0.167 e. The van der Waals surface area contributed by atoms with Crippen molar-refractivity contribution in [3.05, 3.63) is 164 Å². The number of benzene rings is 6. The quantitative estimate of drug-likeness (QED) is 0.178. The largest absolute Gasteiger partial charge is 0.308 e. The van der Waals surface area contributed by atoms with Gasteiger partial charge in [-0.15, -0.1) is 11.3 Å². The van der Waals surface area contributed by atoms with Crippen LogP contribution in [0.4, 0.5) is 0 Å². The zero-order chi connectivity index (χ0) is 36.4. The van der Waals surface area contributed by atoms with Gasteiger partial charge in [0.25, 0.3) is 0 Å². The zero-order valence-electron chi connectivity index (χ0n) is 30.2. The van der Waals surface area contributed by atoms with Crippen molar-refractivity contribution in [2.75, 3.05) is 0 Å². The van der Waals surface area contributed by atoms with Crippen LogP contribution in [0.15, 0.2) is 158 Å². The van der Waals surface area contributed by atoms with Gasteiger partial charge >= 0.3 is 0 Å². The highest BCUT2D eigenvalue weighted by Crippen LogP contribution is 2.40. The van der Waals surface area contributed by atoms with E-state index >= 15 is 0 Å². The maximum absolute atomic E-state index is 5.16. The van der Waals surface area contributed by atoms with Gasteiger partial charge in [-0.25, -0.2) is 15.0 Å².